The number of hydrogen-bond donors (Lipinski definition) is 1. The van der Waals surface area contributed by atoms with Gasteiger partial charge in [-0.25, -0.2) is 0 Å². The highest BCUT2D eigenvalue weighted by Gasteiger charge is 2.45. The standard InChI is InChI=1S/C12H17NS/c1-13-12(6-7-12)10-8-14-11-5-3-2-4-9(10)11/h8,13H,2-7H2,1H3. The Balaban J connectivity index is 2.02. The minimum atomic E-state index is 0.390. The Bertz CT molecular complexity index is 349. The lowest BCUT2D eigenvalue weighted by molar-refractivity contribution is 0.573. The molecule has 0 saturated heterocycles. The van der Waals surface area contributed by atoms with Crippen molar-refractivity contribution in [2.24, 2.45) is 0 Å². The molecule has 1 N–H and O–H groups in total. The third-order valence-corrected chi connectivity index (χ3v) is 4.89. The van der Waals surface area contributed by atoms with E-state index in [0.29, 0.717) is 5.54 Å². The topological polar surface area (TPSA) is 12.0 Å². The predicted octanol–water partition coefficient (Wildman–Crippen LogP) is 2.84. The summed E-state index contributed by atoms with van der Waals surface area (Å²) in [4.78, 5) is 1.67. The molecule has 0 aromatic carbocycles. The second-order valence-corrected chi connectivity index (χ2v) is 5.55. The van der Waals surface area contributed by atoms with Gasteiger partial charge in [-0.05, 0) is 62.1 Å². The van der Waals surface area contributed by atoms with Crippen molar-refractivity contribution in [2.75, 3.05) is 7.05 Å². The molecule has 1 nitrogen and oxygen atoms in total. The summed E-state index contributed by atoms with van der Waals surface area (Å²) >= 11 is 1.99. The van der Waals surface area contributed by atoms with Crippen molar-refractivity contribution in [1.82, 2.24) is 5.32 Å². The lowest BCUT2D eigenvalue weighted by Gasteiger charge is -2.18. The molecule has 0 atom stereocenters. The lowest BCUT2D eigenvalue weighted by atomic mass is 9.92. The number of hydrogen-bond acceptors (Lipinski definition) is 2. The molecule has 1 saturated carbocycles. The zero-order chi connectivity index (χ0) is 9.60. The van der Waals surface area contributed by atoms with E-state index >= 15 is 0 Å². The summed E-state index contributed by atoms with van der Waals surface area (Å²) in [6, 6.07) is 0. The van der Waals surface area contributed by atoms with Crippen LogP contribution in [0.3, 0.4) is 0 Å². The van der Waals surface area contributed by atoms with Crippen LogP contribution in [0.1, 0.15) is 41.7 Å². The average Bonchev–Trinajstić information content (AvgIpc) is 2.91. The second-order valence-electron chi connectivity index (χ2n) is 4.59. The van der Waals surface area contributed by atoms with Gasteiger partial charge in [-0.15, -0.1) is 11.3 Å². The van der Waals surface area contributed by atoms with Crippen LogP contribution in [0.4, 0.5) is 0 Å². The maximum Gasteiger partial charge on any atom is 0.0444 e. The first-order valence-corrected chi connectivity index (χ1v) is 6.52. The summed E-state index contributed by atoms with van der Waals surface area (Å²) in [6.07, 6.45) is 8.15. The SMILES string of the molecule is CNC1(c2csc3c2CCCC3)CC1. The Morgan fingerprint density at radius 3 is 2.79 bits per heavy atom. The van der Waals surface area contributed by atoms with Gasteiger partial charge in [-0.3, -0.25) is 0 Å². The van der Waals surface area contributed by atoms with Crippen molar-refractivity contribution in [1.29, 1.82) is 0 Å². The first-order chi connectivity index (χ1) is 6.86. The van der Waals surface area contributed by atoms with E-state index in [2.05, 4.69) is 17.7 Å². The summed E-state index contributed by atoms with van der Waals surface area (Å²) in [5, 5.41) is 5.93. The van der Waals surface area contributed by atoms with Crippen molar-refractivity contribution < 1.29 is 0 Å². The van der Waals surface area contributed by atoms with E-state index in [4.69, 9.17) is 0 Å². The van der Waals surface area contributed by atoms with E-state index in [0.717, 1.165) is 0 Å². The van der Waals surface area contributed by atoms with Crippen molar-refractivity contribution in [3.05, 3.63) is 21.4 Å². The molecule has 1 fully saturated rings. The van der Waals surface area contributed by atoms with Gasteiger partial charge >= 0.3 is 0 Å². The van der Waals surface area contributed by atoms with E-state index in [-0.39, 0.29) is 0 Å². The molecule has 2 aliphatic rings. The smallest absolute Gasteiger partial charge is 0.0444 e. The van der Waals surface area contributed by atoms with Gasteiger partial charge in [0.2, 0.25) is 0 Å². The zero-order valence-electron chi connectivity index (χ0n) is 8.73. The molecule has 1 aromatic rings. The van der Waals surface area contributed by atoms with Crippen LogP contribution in [0.15, 0.2) is 5.38 Å². The van der Waals surface area contributed by atoms with Crippen LogP contribution in [0.25, 0.3) is 0 Å². The Hall–Kier alpha value is -0.340. The summed E-state index contributed by atoms with van der Waals surface area (Å²) in [6.45, 7) is 0. The normalized spacial score (nSPS) is 23.2. The Morgan fingerprint density at radius 1 is 1.29 bits per heavy atom. The minimum Gasteiger partial charge on any atom is -0.310 e. The van der Waals surface area contributed by atoms with E-state index in [9.17, 15) is 0 Å². The number of nitrogens with one attached hydrogen (secondary N) is 1. The lowest BCUT2D eigenvalue weighted by Crippen LogP contribution is -2.25. The molecule has 0 radical (unpaired) electrons. The van der Waals surface area contributed by atoms with Crippen LogP contribution in [0.2, 0.25) is 0 Å². The van der Waals surface area contributed by atoms with Crippen LogP contribution in [-0.2, 0) is 18.4 Å². The molecule has 1 heterocycles. The van der Waals surface area contributed by atoms with Gasteiger partial charge in [-0.2, -0.15) is 0 Å². The van der Waals surface area contributed by atoms with Crippen LogP contribution >= 0.6 is 11.3 Å². The van der Waals surface area contributed by atoms with Crippen LogP contribution in [-0.4, -0.2) is 7.05 Å². The van der Waals surface area contributed by atoms with Crippen LogP contribution in [0, 0.1) is 0 Å². The third kappa shape index (κ3) is 1.17. The first-order valence-electron chi connectivity index (χ1n) is 5.64. The molecular weight excluding hydrogens is 190 g/mol. The van der Waals surface area contributed by atoms with Crippen LogP contribution in [0.5, 0.6) is 0 Å². The Kier molecular flexibility index (Phi) is 1.96. The van der Waals surface area contributed by atoms with Gasteiger partial charge in [0.25, 0.3) is 0 Å². The van der Waals surface area contributed by atoms with Gasteiger partial charge < -0.3 is 5.32 Å². The Morgan fingerprint density at radius 2 is 2.07 bits per heavy atom. The number of fused-ring (bicyclic) bond motifs is 1. The van der Waals surface area contributed by atoms with E-state index in [1.54, 1.807) is 16.0 Å². The highest BCUT2D eigenvalue weighted by Crippen LogP contribution is 2.49. The minimum absolute atomic E-state index is 0.390. The molecule has 2 aliphatic carbocycles. The van der Waals surface area contributed by atoms with Gasteiger partial charge in [-0.1, -0.05) is 0 Å². The molecule has 1 aromatic heterocycles. The molecule has 0 amide bonds. The molecule has 0 spiro atoms. The first kappa shape index (κ1) is 8.93. The molecule has 2 heteroatoms. The maximum atomic E-state index is 3.51. The molecule has 0 unspecified atom stereocenters. The van der Waals surface area contributed by atoms with Gasteiger partial charge in [0.15, 0.2) is 0 Å². The number of aryl methyl sites for hydroxylation is 1. The van der Waals surface area contributed by atoms with Gasteiger partial charge in [0.1, 0.15) is 0 Å². The van der Waals surface area contributed by atoms with Gasteiger partial charge in [0.05, 0.1) is 0 Å². The fourth-order valence-corrected chi connectivity index (χ4v) is 3.92. The highest BCUT2D eigenvalue weighted by atomic mass is 32.1. The maximum absolute atomic E-state index is 3.51. The van der Waals surface area contributed by atoms with Crippen molar-refractivity contribution >= 4 is 11.3 Å². The molecule has 0 aliphatic heterocycles. The quantitative estimate of drug-likeness (QED) is 0.786. The number of rotatable bonds is 2. The average molecular weight is 207 g/mol. The molecular formula is C12H17NS. The summed E-state index contributed by atoms with van der Waals surface area (Å²) in [5.41, 5.74) is 3.73. The monoisotopic (exact) mass is 207 g/mol. The van der Waals surface area contributed by atoms with Gasteiger partial charge in [0, 0.05) is 10.4 Å². The molecule has 76 valence electrons. The second kappa shape index (κ2) is 3.07. The summed E-state index contributed by atoms with van der Waals surface area (Å²) in [7, 11) is 2.11. The third-order valence-electron chi connectivity index (χ3n) is 3.81. The number of thiophene rings is 1. The molecule has 0 bridgehead atoms. The molecule has 14 heavy (non-hydrogen) atoms. The fourth-order valence-electron chi connectivity index (χ4n) is 2.67. The largest absolute Gasteiger partial charge is 0.310 e. The van der Waals surface area contributed by atoms with Crippen LogP contribution < -0.4 is 5.32 Å². The zero-order valence-corrected chi connectivity index (χ0v) is 9.54. The Labute approximate surface area is 89.5 Å². The van der Waals surface area contributed by atoms with Crippen molar-refractivity contribution in [2.45, 2.75) is 44.1 Å². The fraction of sp³-hybridized carbons (Fsp3) is 0.667. The summed E-state index contributed by atoms with van der Waals surface area (Å²) < 4.78 is 0. The predicted molar refractivity (Wildman–Crippen MR) is 60.9 cm³/mol. The van der Waals surface area contributed by atoms with E-state index in [1.807, 2.05) is 11.3 Å². The van der Waals surface area contributed by atoms with E-state index < -0.39 is 0 Å². The highest BCUT2D eigenvalue weighted by molar-refractivity contribution is 7.10. The molecule has 3 rings (SSSR count). The van der Waals surface area contributed by atoms with Crippen molar-refractivity contribution in [3.63, 3.8) is 0 Å². The van der Waals surface area contributed by atoms with Crippen molar-refractivity contribution in [3.8, 4) is 0 Å². The summed E-state index contributed by atoms with van der Waals surface area (Å²) in [5.74, 6) is 0. The van der Waals surface area contributed by atoms with E-state index in [1.165, 1.54) is 38.5 Å².